The summed E-state index contributed by atoms with van der Waals surface area (Å²) in [6.07, 6.45) is -5.11. The molecule has 1 aliphatic carbocycles. The Morgan fingerprint density at radius 1 is 1.17 bits per heavy atom. The molecule has 1 aliphatic heterocycles. The van der Waals surface area contributed by atoms with Crippen LogP contribution >= 0.6 is 0 Å². The van der Waals surface area contributed by atoms with Crippen molar-refractivity contribution in [1.82, 2.24) is 10.2 Å². The molecule has 2 amide bonds. The molecule has 0 radical (unpaired) electrons. The molecule has 220 valence electrons. The van der Waals surface area contributed by atoms with Gasteiger partial charge in [-0.2, -0.15) is 13.2 Å². The van der Waals surface area contributed by atoms with E-state index < -0.39 is 47.7 Å². The highest BCUT2D eigenvalue weighted by atomic mass is 19.4. The quantitative estimate of drug-likeness (QED) is 0.364. The zero-order valence-corrected chi connectivity index (χ0v) is 22.2. The first-order valence-electron chi connectivity index (χ1n) is 12.7. The Kier molecular flexibility index (Phi) is 9.00. The second-order valence-corrected chi connectivity index (χ2v) is 9.47. The molecule has 1 heterocycles. The lowest BCUT2D eigenvalue weighted by molar-refractivity contribution is -0.137. The van der Waals surface area contributed by atoms with Gasteiger partial charge in [0.2, 0.25) is 5.91 Å². The minimum atomic E-state index is -4.59. The van der Waals surface area contributed by atoms with E-state index in [-0.39, 0.29) is 54.5 Å². The molecule has 0 aromatic heterocycles. The second-order valence-electron chi connectivity index (χ2n) is 9.47. The molecule has 2 aromatic carbocycles. The van der Waals surface area contributed by atoms with E-state index >= 15 is 0 Å². The number of halogens is 3. The number of aldehydes is 1. The molecular formula is C28H29F3N2O8. The number of hydrogen-bond acceptors (Lipinski definition) is 8. The second kappa shape index (κ2) is 12.3. The first-order chi connectivity index (χ1) is 19.5. The molecular weight excluding hydrogens is 549 g/mol. The number of carbonyl (C=O) groups excluding carboxylic acids is 3. The van der Waals surface area contributed by atoms with Crippen LogP contribution < -0.4 is 14.8 Å². The van der Waals surface area contributed by atoms with Gasteiger partial charge in [0.25, 0.3) is 5.91 Å². The number of hydrogen-bond donors (Lipinski definition) is 3. The average molecular weight is 579 g/mol. The minimum Gasteiger partial charge on any atom is -0.493 e. The van der Waals surface area contributed by atoms with Crippen molar-refractivity contribution in [2.45, 2.75) is 30.3 Å². The summed E-state index contributed by atoms with van der Waals surface area (Å²) in [5, 5.41) is 23.4. The van der Waals surface area contributed by atoms with E-state index in [0.717, 1.165) is 24.3 Å². The zero-order valence-electron chi connectivity index (χ0n) is 22.2. The van der Waals surface area contributed by atoms with Crippen LogP contribution in [0.5, 0.6) is 11.5 Å². The van der Waals surface area contributed by atoms with Crippen LogP contribution in [0, 0.1) is 0 Å². The summed E-state index contributed by atoms with van der Waals surface area (Å²) >= 11 is 0. The Morgan fingerprint density at radius 3 is 2.46 bits per heavy atom. The van der Waals surface area contributed by atoms with Crippen molar-refractivity contribution < 1.29 is 52.0 Å². The molecule has 0 saturated carbocycles. The van der Waals surface area contributed by atoms with Crippen LogP contribution in [-0.2, 0) is 15.7 Å². The number of nitrogens with one attached hydrogen (secondary N) is 1. The van der Waals surface area contributed by atoms with Crippen LogP contribution in [0.1, 0.15) is 37.8 Å². The van der Waals surface area contributed by atoms with Gasteiger partial charge < -0.3 is 34.6 Å². The monoisotopic (exact) mass is 578 g/mol. The van der Waals surface area contributed by atoms with Gasteiger partial charge >= 0.3 is 6.18 Å². The molecule has 4 rings (SSSR count). The lowest BCUT2D eigenvalue weighted by Crippen LogP contribution is -2.56. The SMILES string of the molecule is COCCN(C(=O)c1ccc(C(F)(F)F)cc1)[C@@H]1C=C(C(=O)NCCO)[C@@H]2c3cc(C=O)cc(OC)c3O[C@@H]2[C@H]1O. The third-order valence-electron chi connectivity index (χ3n) is 7.03. The van der Waals surface area contributed by atoms with E-state index in [1.54, 1.807) is 0 Å². The number of rotatable bonds is 10. The van der Waals surface area contributed by atoms with Crippen molar-refractivity contribution in [3.63, 3.8) is 0 Å². The number of aliphatic hydroxyl groups is 2. The first kappa shape index (κ1) is 30.0. The van der Waals surface area contributed by atoms with Gasteiger partial charge in [-0.05, 0) is 42.5 Å². The first-order valence-corrected chi connectivity index (χ1v) is 12.7. The van der Waals surface area contributed by atoms with Gasteiger partial charge in [-0.25, -0.2) is 0 Å². The Morgan fingerprint density at radius 2 is 1.88 bits per heavy atom. The fraction of sp³-hybridized carbons (Fsp3) is 0.393. The Balaban J connectivity index is 1.79. The molecule has 13 heteroatoms. The maximum Gasteiger partial charge on any atom is 0.416 e. The fourth-order valence-corrected chi connectivity index (χ4v) is 5.10. The molecule has 41 heavy (non-hydrogen) atoms. The van der Waals surface area contributed by atoms with Crippen molar-refractivity contribution in [1.29, 1.82) is 0 Å². The molecule has 0 saturated heterocycles. The van der Waals surface area contributed by atoms with E-state index in [1.807, 2.05) is 0 Å². The lowest BCUT2D eigenvalue weighted by atomic mass is 9.77. The van der Waals surface area contributed by atoms with Crippen LogP contribution in [-0.4, -0.2) is 92.0 Å². The predicted molar refractivity (Wildman–Crippen MR) is 138 cm³/mol. The summed E-state index contributed by atoms with van der Waals surface area (Å²) in [6.45, 7) is -0.490. The Bertz CT molecular complexity index is 1330. The summed E-state index contributed by atoms with van der Waals surface area (Å²) in [6, 6.07) is 5.44. The lowest BCUT2D eigenvalue weighted by Gasteiger charge is -2.40. The standard InChI is InChI=1S/C28H29F3N2O8/c1-39-10-8-33(27(38)16-3-5-17(6-4-16)28(29,30)31)20-13-19(26(37)32-7-9-34)22-18-11-15(14-35)12-21(40-2)24(18)41-25(22)23(20)36/h3-6,11-14,20,22-23,25,34,36H,7-10H2,1-2H3,(H,32,37)/t20-,22+,23+,25+/m1/s1. The van der Waals surface area contributed by atoms with Crippen LogP contribution in [0.4, 0.5) is 13.2 Å². The van der Waals surface area contributed by atoms with Gasteiger partial charge in [0, 0.05) is 42.5 Å². The van der Waals surface area contributed by atoms with Crippen molar-refractivity contribution in [2.75, 3.05) is 40.5 Å². The van der Waals surface area contributed by atoms with Crippen LogP contribution in [0.15, 0.2) is 48.0 Å². The van der Waals surface area contributed by atoms with Crippen molar-refractivity contribution >= 4 is 18.1 Å². The summed E-state index contributed by atoms with van der Waals surface area (Å²) in [5.74, 6) is -1.76. The number of ether oxygens (including phenoxy) is 3. The van der Waals surface area contributed by atoms with Gasteiger partial charge in [0.1, 0.15) is 18.5 Å². The molecule has 2 aromatic rings. The fourth-order valence-electron chi connectivity index (χ4n) is 5.10. The van der Waals surface area contributed by atoms with E-state index in [2.05, 4.69) is 5.32 Å². The number of benzene rings is 2. The third kappa shape index (κ3) is 5.92. The highest BCUT2D eigenvalue weighted by Crippen LogP contribution is 2.51. The number of amides is 2. The molecule has 10 nitrogen and oxygen atoms in total. The molecule has 4 atom stereocenters. The third-order valence-corrected chi connectivity index (χ3v) is 7.03. The number of methoxy groups -OCH3 is 2. The smallest absolute Gasteiger partial charge is 0.416 e. The maximum atomic E-state index is 13.6. The van der Waals surface area contributed by atoms with Gasteiger partial charge in [-0.1, -0.05) is 0 Å². The molecule has 0 spiro atoms. The summed E-state index contributed by atoms with van der Waals surface area (Å²) in [7, 11) is 2.76. The Hall–Kier alpha value is -3.94. The van der Waals surface area contributed by atoms with Crippen molar-refractivity contribution in [3.8, 4) is 11.5 Å². The maximum absolute atomic E-state index is 13.6. The molecule has 0 fully saturated rings. The largest absolute Gasteiger partial charge is 0.493 e. The van der Waals surface area contributed by atoms with E-state index in [1.165, 1.54) is 37.3 Å². The summed E-state index contributed by atoms with van der Waals surface area (Å²) in [5.41, 5.74) is -0.240. The molecule has 0 unspecified atom stereocenters. The number of nitrogens with zero attached hydrogens (tertiary/aromatic N) is 1. The Labute approximate surface area is 233 Å². The number of aliphatic hydroxyl groups excluding tert-OH is 2. The van der Waals surface area contributed by atoms with Crippen molar-refractivity contribution in [2.24, 2.45) is 0 Å². The minimum absolute atomic E-state index is 0.0151. The number of carbonyl (C=O) groups is 3. The van der Waals surface area contributed by atoms with Crippen LogP contribution in [0.25, 0.3) is 0 Å². The van der Waals surface area contributed by atoms with Crippen LogP contribution in [0.2, 0.25) is 0 Å². The van der Waals surface area contributed by atoms with E-state index in [4.69, 9.17) is 14.2 Å². The van der Waals surface area contributed by atoms with Gasteiger partial charge in [-0.15, -0.1) is 0 Å². The average Bonchev–Trinajstić information content (AvgIpc) is 3.36. The van der Waals surface area contributed by atoms with E-state index in [9.17, 15) is 37.8 Å². The number of alkyl halides is 3. The highest BCUT2D eigenvalue weighted by Gasteiger charge is 2.51. The number of fused-ring (bicyclic) bond motifs is 3. The van der Waals surface area contributed by atoms with Gasteiger partial charge in [-0.3, -0.25) is 14.4 Å². The normalized spacial score (nSPS) is 21.2. The highest BCUT2D eigenvalue weighted by molar-refractivity contribution is 5.98. The van der Waals surface area contributed by atoms with Crippen molar-refractivity contribution in [3.05, 3.63) is 70.3 Å². The van der Waals surface area contributed by atoms with Gasteiger partial charge in [0.15, 0.2) is 11.5 Å². The van der Waals surface area contributed by atoms with Crippen LogP contribution in [0.3, 0.4) is 0 Å². The summed E-state index contributed by atoms with van der Waals surface area (Å²) < 4.78 is 55.9. The zero-order chi connectivity index (χ0) is 29.9. The predicted octanol–water partition coefficient (Wildman–Crippen LogP) is 1.94. The van der Waals surface area contributed by atoms with E-state index in [0.29, 0.717) is 11.8 Å². The summed E-state index contributed by atoms with van der Waals surface area (Å²) in [4.78, 5) is 39.7. The van der Waals surface area contributed by atoms with Gasteiger partial charge in [0.05, 0.1) is 37.8 Å². The molecule has 3 N–H and O–H groups in total. The molecule has 0 bridgehead atoms. The molecule has 2 aliphatic rings. The topological polar surface area (TPSA) is 135 Å².